The number of hydrogen-bond donors (Lipinski definition) is 2. The lowest BCUT2D eigenvalue weighted by Crippen LogP contribution is -2.26. The van der Waals surface area contributed by atoms with Crippen molar-refractivity contribution in [2.24, 2.45) is 0 Å². The minimum atomic E-state index is -0.0335. The number of hydrogen-bond acceptors (Lipinski definition) is 2. The summed E-state index contributed by atoms with van der Waals surface area (Å²) < 4.78 is 0. The number of nitrogens with one attached hydrogen (secondary N) is 1. The fourth-order valence-electron chi connectivity index (χ4n) is 1.53. The molecule has 3 nitrogen and oxygen atoms in total. The Bertz CT molecular complexity index is 298. The Balaban J connectivity index is 2.61. The number of rotatable bonds is 5. The summed E-state index contributed by atoms with van der Waals surface area (Å²) in [5.41, 5.74) is 1.15. The van der Waals surface area contributed by atoms with Gasteiger partial charge in [0.2, 0.25) is 5.91 Å². The number of aliphatic hydroxyl groups excluding tert-OH is 1. The Morgan fingerprint density at radius 3 is 2.60 bits per heavy atom. The molecule has 15 heavy (non-hydrogen) atoms. The van der Waals surface area contributed by atoms with Crippen molar-refractivity contribution in [3.05, 3.63) is 35.9 Å². The van der Waals surface area contributed by atoms with Crippen LogP contribution in [0, 0.1) is 0 Å². The Morgan fingerprint density at radius 2 is 2.07 bits per heavy atom. The molecule has 1 rings (SSSR count). The van der Waals surface area contributed by atoms with Crippen LogP contribution in [-0.4, -0.2) is 24.2 Å². The molecule has 2 N–H and O–H groups in total. The molecule has 1 atom stereocenters. The molecule has 0 fully saturated rings. The average molecular weight is 207 g/mol. The lowest BCUT2D eigenvalue weighted by molar-refractivity contribution is -0.119. The van der Waals surface area contributed by atoms with Crippen LogP contribution in [-0.2, 0) is 4.79 Å². The normalized spacial score (nSPS) is 12.1. The van der Waals surface area contributed by atoms with Gasteiger partial charge in [0.25, 0.3) is 0 Å². The highest BCUT2D eigenvalue weighted by Gasteiger charge is 2.10. The van der Waals surface area contributed by atoms with Gasteiger partial charge in [-0.05, 0) is 12.0 Å². The molecule has 1 aromatic carbocycles. The van der Waals surface area contributed by atoms with E-state index in [0.717, 1.165) is 5.56 Å². The van der Waals surface area contributed by atoms with E-state index in [0.29, 0.717) is 13.0 Å². The van der Waals surface area contributed by atoms with Crippen LogP contribution in [0.15, 0.2) is 30.3 Å². The second kappa shape index (κ2) is 6.19. The SMILES string of the molecule is CC(=O)NCC(CCO)c1ccccc1. The number of amides is 1. The minimum absolute atomic E-state index is 0.0335. The number of carbonyl (C=O) groups excluding carboxylic acids is 1. The zero-order valence-electron chi connectivity index (χ0n) is 8.94. The third-order valence-corrected chi connectivity index (χ3v) is 2.35. The van der Waals surface area contributed by atoms with Crippen molar-refractivity contribution in [2.75, 3.05) is 13.2 Å². The van der Waals surface area contributed by atoms with Gasteiger partial charge in [0, 0.05) is 26.0 Å². The largest absolute Gasteiger partial charge is 0.396 e. The van der Waals surface area contributed by atoms with Crippen LogP contribution < -0.4 is 5.32 Å². The summed E-state index contributed by atoms with van der Waals surface area (Å²) >= 11 is 0. The minimum Gasteiger partial charge on any atom is -0.396 e. The first kappa shape index (κ1) is 11.7. The van der Waals surface area contributed by atoms with Gasteiger partial charge in [0.1, 0.15) is 0 Å². The molecular formula is C12H17NO2. The summed E-state index contributed by atoms with van der Waals surface area (Å²) in [6.07, 6.45) is 0.671. The Labute approximate surface area is 90.1 Å². The van der Waals surface area contributed by atoms with Crippen molar-refractivity contribution in [2.45, 2.75) is 19.3 Å². The van der Waals surface area contributed by atoms with Crippen LogP contribution in [0.5, 0.6) is 0 Å². The van der Waals surface area contributed by atoms with E-state index >= 15 is 0 Å². The fourth-order valence-corrected chi connectivity index (χ4v) is 1.53. The van der Waals surface area contributed by atoms with E-state index < -0.39 is 0 Å². The number of carbonyl (C=O) groups is 1. The maximum absolute atomic E-state index is 10.8. The standard InChI is InChI=1S/C12H17NO2/c1-10(15)13-9-12(7-8-14)11-5-3-2-4-6-11/h2-6,12,14H,7-9H2,1H3,(H,13,15). The molecule has 1 aromatic rings. The van der Waals surface area contributed by atoms with Crippen molar-refractivity contribution >= 4 is 5.91 Å². The predicted molar refractivity (Wildman–Crippen MR) is 59.6 cm³/mol. The molecule has 0 aliphatic rings. The predicted octanol–water partition coefficient (Wildman–Crippen LogP) is 1.29. The molecule has 0 spiro atoms. The number of benzene rings is 1. The van der Waals surface area contributed by atoms with Gasteiger partial charge in [0.05, 0.1) is 0 Å². The quantitative estimate of drug-likeness (QED) is 0.764. The lowest BCUT2D eigenvalue weighted by atomic mass is 9.96. The summed E-state index contributed by atoms with van der Waals surface area (Å²) in [7, 11) is 0. The molecule has 0 radical (unpaired) electrons. The van der Waals surface area contributed by atoms with Crippen molar-refractivity contribution in [1.29, 1.82) is 0 Å². The zero-order chi connectivity index (χ0) is 11.1. The smallest absolute Gasteiger partial charge is 0.216 e. The van der Waals surface area contributed by atoms with E-state index in [1.54, 1.807) is 0 Å². The maximum atomic E-state index is 10.8. The first-order chi connectivity index (χ1) is 7.24. The summed E-state index contributed by atoms with van der Waals surface area (Å²) in [4.78, 5) is 10.8. The highest BCUT2D eigenvalue weighted by atomic mass is 16.3. The van der Waals surface area contributed by atoms with Gasteiger partial charge in [-0.2, -0.15) is 0 Å². The van der Waals surface area contributed by atoms with Gasteiger partial charge in [-0.15, -0.1) is 0 Å². The van der Waals surface area contributed by atoms with Crippen LogP contribution >= 0.6 is 0 Å². The maximum Gasteiger partial charge on any atom is 0.216 e. The Kier molecular flexibility index (Phi) is 4.84. The van der Waals surface area contributed by atoms with Crippen LogP contribution in [0.2, 0.25) is 0 Å². The van der Waals surface area contributed by atoms with Gasteiger partial charge < -0.3 is 10.4 Å². The van der Waals surface area contributed by atoms with E-state index in [4.69, 9.17) is 5.11 Å². The second-order valence-corrected chi connectivity index (χ2v) is 3.56. The second-order valence-electron chi connectivity index (χ2n) is 3.56. The van der Waals surface area contributed by atoms with Crippen molar-refractivity contribution in [1.82, 2.24) is 5.32 Å². The molecule has 1 unspecified atom stereocenters. The van der Waals surface area contributed by atoms with Crippen LogP contribution in [0.4, 0.5) is 0 Å². The van der Waals surface area contributed by atoms with Crippen LogP contribution in [0.3, 0.4) is 0 Å². The van der Waals surface area contributed by atoms with E-state index in [1.807, 2.05) is 30.3 Å². The molecule has 0 aromatic heterocycles. The van der Waals surface area contributed by atoms with Gasteiger partial charge >= 0.3 is 0 Å². The molecular weight excluding hydrogens is 190 g/mol. The monoisotopic (exact) mass is 207 g/mol. The van der Waals surface area contributed by atoms with Gasteiger partial charge in [-0.25, -0.2) is 0 Å². The topological polar surface area (TPSA) is 49.3 Å². The van der Waals surface area contributed by atoms with Gasteiger partial charge in [-0.3, -0.25) is 4.79 Å². The average Bonchev–Trinajstić information content (AvgIpc) is 2.25. The molecule has 0 saturated heterocycles. The zero-order valence-corrected chi connectivity index (χ0v) is 8.94. The molecule has 0 aliphatic heterocycles. The Hall–Kier alpha value is -1.35. The summed E-state index contributed by atoms with van der Waals surface area (Å²) in [5.74, 6) is 0.161. The molecule has 82 valence electrons. The van der Waals surface area contributed by atoms with Crippen LogP contribution in [0.25, 0.3) is 0 Å². The third-order valence-electron chi connectivity index (χ3n) is 2.35. The summed E-state index contributed by atoms with van der Waals surface area (Å²) in [6, 6.07) is 9.92. The summed E-state index contributed by atoms with van der Waals surface area (Å²) in [6.45, 7) is 2.22. The van der Waals surface area contributed by atoms with Crippen molar-refractivity contribution in [3.8, 4) is 0 Å². The van der Waals surface area contributed by atoms with E-state index in [9.17, 15) is 4.79 Å². The van der Waals surface area contributed by atoms with Crippen molar-refractivity contribution in [3.63, 3.8) is 0 Å². The fraction of sp³-hybridized carbons (Fsp3) is 0.417. The first-order valence-electron chi connectivity index (χ1n) is 5.14. The Morgan fingerprint density at radius 1 is 1.40 bits per heavy atom. The highest BCUT2D eigenvalue weighted by molar-refractivity contribution is 5.72. The van der Waals surface area contributed by atoms with Crippen LogP contribution in [0.1, 0.15) is 24.8 Å². The summed E-state index contributed by atoms with van der Waals surface area (Å²) in [5, 5.41) is 11.7. The van der Waals surface area contributed by atoms with E-state index in [-0.39, 0.29) is 18.4 Å². The van der Waals surface area contributed by atoms with Gasteiger partial charge in [0.15, 0.2) is 0 Å². The van der Waals surface area contributed by atoms with E-state index in [1.165, 1.54) is 6.92 Å². The van der Waals surface area contributed by atoms with E-state index in [2.05, 4.69) is 5.32 Å². The first-order valence-corrected chi connectivity index (χ1v) is 5.14. The van der Waals surface area contributed by atoms with Gasteiger partial charge in [-0.1, -0.05) is 30.3 Å². The molecule has 0 saturated carbocycles. The molecule has 0 aliphatic carbocycles. The van der Waals surface area contributed by atoms with Crippen molar-refractivity contribution < 1.29 is 9.90 Å². The number of aliphatic hydroxyl groups is 1. The molecule has 0 bridgehead atoms. The molecule has 0 heterocycles. The highest BCUT2D eigenvalue weighted by Crippen LogP contribution is 2.17. The molecule has 3 heteroatoms. The third kappa shape index (κ3) is 4.13. The molecule has 1 amide bonds. The lowest BCUT2D eigenvalue weighted by Gasteiger charge is -2.16.